The van der Waals surface area contributed by atoms with Crippen LogP contribution in [0, 0.1) is 0 Å². The first-order valence-electron chi connectivity index (χ1n) is 10.3. The number of hydrogen-bond acceptors (Lipinski definition) is 5. The lowest BCUT2D eigenvalue weighted by molar-refractivity contribution is -0.143. The highest BCUT2D eigenvalue weighted by Crippen LogP contribution is 2.33. The average molecular weight is 409 g/mol. The predicted molar refractivity (Wildman–Crippen MR) is 116 cm³/mol. The first-order valence-corrected chi connectivity index (χ1v) is 10.3. The van der Waals surface area contributed by atoms with Crippen molar-refractivity contribution in [1.29, 1.82) is 0 Å². The standard InChI is InChI=1S/C23H27N3O4/c1-2-30-21-6-4-3-5-20(21)25-9-11-26(12-10-25)22(23(28)29)18-14-24-19-8-7-16(15-27)13-17(18)19/h3-8,13-14,22,24,27H,2,9-12,15H2,1H3,(H,28,29). The number of H-pyrrole nitrogens is 1. The molecule has 2 aromatic carbocycles. The number of piperazine rings is 1. The van der Waals surface area contributed by atoms with Crippen molar-refractivity contribution in [3.63, 3.8) is 0 Å². The van der Waals surface area contributed by atoms with Crippen LogP contribution >= 0.6 is 0 Å². The largest absolute Gasteiger partial charge is 0.492 e. The molecule has 0 bridgehead atoms. The van der Waals surface area contributed by atoms with Crippen molar-refractivity contribution in [2.75, 3.05) is 37.7 Å². The van der Waals surface area contributed by atoms with E-state index in [1.165, 1.54) is 0 Å². The number of aliphatic carboxylic acids is 1. The summed E-state index contributed by atoms with van der Waals surface area (Å²) in [6.07, 6.45) is 1.78. The zero-order valence-corrected chi connectivity index (χ0v) is 17.0. The number of ether oxygens (including phenoxy) is 1. The highest BCUT2D eigenvalue weighted by Gasteiger charge is 2.32. The molecular weight excluding hydrogens is 382 g/mol. The number of aromatic amines is 1. The van der Waals surface area contributed by atoms with E-state index in [-0.39, 0.29) is 6.61 Å². The van der Waals surface area contributed by atoms with E-state index in [1.807, 2.05) is 54.3 Å². The smallest absolute Gasteiger partial charge is 0.325 e. The van der Waals surface area contributed by atoms with Gasteiger partial charge in [0.05, 0.1) is 18.9 Å². The van der Waals surface area contributed by atoms with Gasteiger partial charge in [-0.25, -0.2) is 0 Å². The number of benzene rings is 2. The van der Waals surface area contributed by atoms with Gasteiger partial charge < -0.3 is 24.8 Å². The Labute approximate surface area is 175 Å². The van der Waals surface area contributed by atoms with Crippen LogP contribution in [0.25, 0.3) is 10.9 Å². The third-order valence-corrected chi connectivity index (χ3v) is 5.67. The Kier molecular flexibility index (Phi) is 5.92. The molecule has 2 heterocycles. The number of fused-ring (bicyclic) bond motifs is 1. The molecule has 3 aromatic rings. The quantitative estimate of drug-likeness (QED) is 0.556. The highest BCUT2D eigenvalue weighted by molar-refractivity contribution is 5.89. The van der Waals surface area contributed by atoms with Gasteiger partial charge in [0, 0.05) is 48.8 Å². The van der Waals surface area contributed by atoms with Gasteiger partial charge >= 0.3 is 5.97 Å². The van der Waals surface area contributed by atoms with Crippen molar-refractivity contribution in [2.24, 2.45) is 0 Å². The van der Waals surface area contributed by atoms with Crippen LogP contribution < -0.4 is 9.64 Å². The molecule has 30 heavy (non-hydrogen) atoms. The van der Waals surface area contributed by atoms with Crippen LogP contribution in [-0.4, -0.2) is 58.9 Å². The van der Waals surface area contributed by atoms with Gasteiger partial charge in [-0.1, -0.05) is 18.2 Å². The van der Waals surface area contributed by atoms with Gasteiger partial charge in [0.2, 0.25) is 0 Å². The number of para-hydroxylation sites is 2. The van der Waals surface area contributed by atoms with Gasteiger partial charge in [-0.2, -0.15) is 0 Å². The van der Waals surface area contributed by atoms with E-state index in [1.54, 1.807) is 6.20 Å². The van der Waals surface area contributed by atoms with Crippen molar-refractivity contribution >= 4 is 22.6 Å². The molecule has 1 aromatic heterocycles. The molecule has 1 saturated heterocycles. The molecule has 1 atom stereocenters. The van der Waals surface area contributed by atoms with Gasteiger partial charge in [0.25, 0.3) is 0 Å². The maximum atomic E-state index is 12.2. The van der Waals surface area contributed by atoms with Crippen LogP contribution in [0.4, 0.5) is 5.69 Å². The average Bonchev–Trinajstić information content (AvgIpc) is 3.17. The number of carboxylic acid groups (broad SMARTS) is 1. The monoisotopic (exact) mass is 409 g/mol. The molecule has 0 amide bonds. The zero-order chi connectivity index (χ0) is 21.1. The summed E-state index contributed by atoms with van der Waals surface area (Å²) in [6.45, 7) is 5.20. The normalized spacial score (nSPS) is 16.0. The predicted octanol–water partition coefficient (Wildman–Crippen LogP) is 3.01. The second-order valence-electron chi connectivity index (χ2n) is 7.45. The molecule has 3 N–H and O–H groups in total. The summed E-state index contributed by atoms with van der Waals surface area (Å²) in [4.78, 5) is 19.7. The van der Waals surface area contributed by atoms with E-state index in [2.05, 4.69) is 9.88 Å². The van der Waals surface area contributed by atoms with Crippen LogP contribution in [0.5, 0.6) is 5.75 Å². The molecular formula is C23H27N3O4. The van der Waals surface area contributed by atoms with Gasteiger partial charge in [0.1, 0.15) is 11.8 Å². The molecule has 0 spiro atoms. The molecule has 0 radical (unpaired) electrons. The lowest BCUT2D eigenvalue weighted by Gasteiger charge is -2.39. The molecule has 1 aliphatic heterocycles. The third-order valence-electron chi connectivity index (χ3n) is 5.67. The molecule has 7 nitrogen and oxygen atoms in total. The van der Waals surface area contributed by atoms with Crippen LogP contribution in [-0.2, 0) is 11.4 Å². The number of nitrogens with zero attached hydrogens (tertiary/aromatic N) is 2. The first-order chi connectivity index (χ1) is 14.6. The number of nitrogens with one attached hydrogen (secondary N) is 1. The van der Waals surface area contributed by atoms with E-state index in [4.69, 9.17) is 4.74 Å². The van der Waals surface area contributed by atoms with Gasteiger partial charge in [-0.3, -0.25) is 9.69 Å². The Morgan fingerprint density at radius 3 is 2.63 bits per heavy atom. The van der Waals surface area contributed by atoms with Crippen molar-refractivity contribution in [3.05, 3.63) is 59.8 Å². The van der Waals surface area contributed by atoms with Crippen LogP contribution in [0.15, 0.2) is 48.7 Å². The van der Waals surface area contributed by atoms with Crippen molar-refractivity contribution in [3.8, 4) is 5.75 Å². The number of hydrogen-bond donors (Lipinski definition) is 3. The molecule has 158 valence electrons. The topological polar surface area (TPSA) is 89.0 Å². The van der Waals surface area contributed by atoms with Gasteiger partial charge in [0.15, 0.2) is 0 Å². The molecule has 1 aliphatic rings. The van der Waals surface area contributed by atoms with E-state index in [0.29, 0.717) is 19.7 Å². The zero-order valence-electron chi connectivity index (χ0n) is 17.0. The number of aromatic nitrogens is 1. The van der Waals surface area contributed by atoms with E-state index >= 15 is 0 Å². The number of rotatable bonds is 7. The lowest BCUT2D eigenvalue weighted by atomic mass is 10.0. The number of aliphatic hydroxyl groups excluding tert-OH is 1. The number of anilines is 1. The molecule has 1 fully saturated rings. The summed E-state index contributed by atoms with van der Waals surface area (Å²) in [5.41, 5.74) is 3.42. The van der Waals surface area contributed by atoms with Crippen molar-refractivity contribution in [2.45, 2.75) is 19.6 Å². The fourth-order valence-corrected chi connectivity index (χ4v) is 4.22. The maximum Gasteiger partial charge on any atom is 0.325 e. The van der Waals surface area contributed by atoms with Crippen molar-refractivity contribution in [1.82, 2.24) is 9.88 Å². The molecule has 0 aliphatic carbocycles. The minimum absolute atomic E-state index is 0.0732. The second-order valence-corrected chi connectivity index (χ2v) is 7.45. The summed E-state index contributed by atoms with van der Waals surface area (Å²) in [6, 6.07) is 12.8. The van der Waals surface area contributed by atoms with Gasteiger partial charge in [-0.05, 0) is 36.8 Å². The molecule has 0 saturated carbocycles. The number of carbonyl (C=O) groups is 1. The maximum absolute atomic E-state index is 12.2. The number of carboxylic acids is 1. The molecule has 1 unspecified atom stereocenters. The Hall–Kier alpha value is -3.03. The summed E-state index contributed by atoms with van der Waals surface area (Å²) in [5.74, 6) is -0.00939. The fourth-order valence-electron chi connectivity index (χ4n) is 4.22. The van der Waals surface area contributed by atoms with Crippen LogP contribution in [0.2, 0.25) is 0 Å². The minimum atomic E-state index is -0.867. The van der Waals surface area contributed by atoms with Crippen LogP contribution in [0.1, 0.15) is 24.1 Å². The molecule has 4 rings (SSSR count). The van der Waals surface area contributed by atoms with E-state index < -0.39 is 12.0 Å². The van der Waals surface area contributed by atoms with Crippen molar-refractivity contribution < 1.29 is 19.7 Å². The second kappa shape index (κ2) is 8.77. The Morgan fingerprint density at radius 1 is 1.17 bits per heavy atom. The van der Waals surface area contributed by atoms with E-state index in [0.717, 1.165) is 46.6 Å². The fraction of sp³-hybridized carbons (Fsp3) is 0.348. The van der Waals surface area contributed by atoms with Gasteiger partial charge in [-0.15, -0.1) is 0 Å². The number of aliphatic hydroxyl groups is 1. The first kappa shape index (κ1) is 20.3. The third kappa shape index (κ3) is 3.86. The summed E-state index contributed by atoms with van der Waals surface area (Å²) >= 11 is 0. The highest BCUT2D eigenvalue weighted by atomic mass is 16.5. The lowest BCUT2D eigenvalue weighted by Crippen LogP contribution is -2.49. The molecule has 7 heteroatoms. The summed E-state index contributed by atoms with van der Waals surface area (Å²) in [5, 5.41) is 20.4. The SMILES string of the molecule is CCOc1ccccc1N1CCN(C(C(=O)O)c2c[nH]c3ccc(CO)cc23)CC1. The van der Waals surface area contributed by atoms with E-state index in [9.17, 15) is 15.0 Å². The Bertz CT molecular complexity index is 1020. The Balaban J connectivity index is 1.56. The summed E-state index contributed by atoms with van der Waals surface area (Å²) in [7, 11) is 0. The summed E-state index contributed by atoms with van der Waals surface area (Å²) < 4.78 is 5.76. The van der Waals surface area contributed by atoms with Crippen LogP contribution in [0.3, 0.4) is 0 Å². The Morgan fingerprint density at radius 2 is 1.93 bits per heavy atom. The minimum Gasteiger partial charge on any atom is -0.492 e.